The van der Waals surface area contributed by atoms with E-state index in [-0.39, 0.29) is 6.10 Å². The lowest BCUT2D eigenvalue weighted by atomic mass is 9.89. The molecule has 0 aromatic heterocycles. The number of rotatable bonds is 3. The quantitative estimate of drug-likeness (QED) is 0.880. The summed E-state index contributed by atoms with van der Waals surface area (Å²) in [6.45, 7) is 0.363. The van der Waals surface area contributed by atoms with Crippen LogP contribution in [0.15, 0.2) is 18.2 Å². The molecule has 2 aliphatic carbocycles. The van der Waals surface area contributed by atoms with Gasteiger partial charge in [0.15, 0.2) is 0 Å². The molecule has 1 saturated carbocycles. The molecule has 3 rings (SSSR count). The smallest absolute Gasteiger partial charge is 0.119 e. The fourth-order valence-corrected chi connectivity index (χ4v) is 3.24. The van der Waals surface area contributed by atoms with Gasteiger partial charge in [0.1, 0.15) is 12.4 Å². The molecule has 1 atom stereocenters. The lowest BCUT2D eigenvalue weighted by Crippen LogP contribution is -2.32. The molecule has 3 heteroatoms. The van der Waals surface area contributed by atoms with E-state index in [1.165, 1.54) is 5.56 Å². The Morgan fingerprint density at radius 3 is 2.79 bits per heavy atom. The molecule has 2 aliphatic rings. The maximum Gasteiger partial charge on any atom is 0.119 e. The minimum absolute atomic E-state index is 0.359. The van der Waals surface area contributed by atoms with Crippen LogP contribution in [-0.4, -0.2) is 22.4 Å². The highest BCUT2D eigenvalue weighted by molar-refractivity contribution is 5.38. The van der Waals surface area contributed by atoms with E-state index in [1.54, 1.807) is 0 Å². The van der Waals surface area contributed by atoms with Gasteiger partial charge in [0.05, 0.1) is 11.7 Å². The lowest BCUT2D eigenvalue weighted by Gasteiger charge is -2.24. The van der Waals surface area contributed by atoms with Crippen molar-refractivity contribution < 1.29 is 14.9 Å². The Bertz CT molecular complexity index is 449. The van der Waals surface area contributed by atoms with Gasteiger partial charge in [-0.15, -0.1) is 0 Å². The van der Waals surface area contributed by atoms with E-state index >= 15 is 0 Å². The SMILES string of the molecule is O[C@@H]1CCCc2ccc(OCC3(O)CCCC3)cc21. The van der Waals surface area contributed by atoms with Crippen LogP contribution in [0.1, 0.15) is 55.8 Å². The molecule has 0 saturated heterocycles. The van der Waals surface area contributed by atoms with Crippen LogP contribution in [0.4, 0.5) is 0 Å². The third-order valence-electron chi connectivity index (χ3n) is 4.44. The number of benzene rings is 1. The second-order valence-electron chi connectivity index (χ2n) is 5.99. The van der Waals surface area contributed by atoms with Crippen LogP contribution >= 0.6 is 0 Å². The zero-order chi connectivity index (χ0) is 13.3. The number of hydrogen-bond acceptors (Lipinski definition) is 3. The van der Waals surface area contributed by atoms with Crippen molar-refractivity contribution >= 4 is 0 Å². The van der Waals surface area contributed by atoms with Crippen LogP contribution in [0.2, 0.25) is 0 Å². The van der Waals surface area contributed by atoms with Gasteiger partial charge in [0.25, 0.3) is 0 Å². The largest absolute Gasteiger partial charge is 0.491 e. The first-order valence-electron chi connectivity index (χ1n) is 7.32. The van der Waals surface area contributed by atoms with Crippen LogP contribution in [0, 0.1) is 0 Å². The Morgan fingerprint density at radius 2 is 2.00 bits per heavy atom. The maximum atomic E-state index is 10.3. The van der Waals surface area contributed by atoms with Gasteiger partial charge in [-0.1, -0.05) is 18.9 Å². The number of fused-ring (bicyclic) bond motifs is 1. The fraction of sp³-hybridized carbons (Fsp3) is 0.625. The monoisotopic (exact) mass is 262 g/mol. The summed E-state index contributed by atoms with van der Waals surface area (Å²) in [5, 5.41) is 20.3. The van der Waals surface area contributed by atoms with E-state index in [1.807, 2.05) is 18.2 Å². The standard InChI is InChI=1S/C16H22O3/c17-15-5-3-4-12-6-7-13(10-14(12)15)19-11-16(18)8-1-2-9-16/h6-7,10,15,17-18H,1-5,8-9,11H2/t15-/m1/s1. The first kappa shape index (κ1) is 12.9. The van der Waals surface area contributed by atoms with Crippen molar-refractivity contribution in [3.63, 3.8) is 0 Å². The molecule has 19 heavy (non-hydrogen) atoms. The highest BCUT2D eigenvalue weighted by Crippen LogP contribution is 2.34. The van der Waals surface area contributed by atoms with Gasteiger partial charge in [-0.25, -0.2) is 0 Å². The predicted octanol–water partition coefficient (Wildman–Crippen LogP) is 2.74. The second-order valence-corrected chi connectivity index (χ2v) is 5.99. The predicted molar refractivity (Wildman–Crippen MR) is 73.3 cm³/mol. The Hall–Kier alpha value is -1.06. The number of aryl methyl sites for hydroxylation is 1. The average Bonchev–Trinajstić information content (AvgIpc) is 2.85. The van der Waals surface area contributed by atoms with E-state index in [4.69, 9.17) is 4.74 Å². The summed E-state index contributed by atoms with van der Waals surface area (Å²) in [6, 6.07) is 5.94. The normalized spacial score (nSPS) is 25.1. The first-order chi connectivity index (χ1) is 9.16. The third-order valence-corrected chi connectivity index (χ3v) is 4.44. The average molecular weight is 262 g/mol. The van der Waals surface area contributed by atoms with E-state index in [0.29, 0.717) is 6.61 Å². The summed E-state index contributed by atoms with van der Waals surface area (Å²) in [5.41, 5.74) is 1.59. The topological polar surface area (TPSA) is 49.7 Å². The highest BCUT2D eigenvalue weighted by Gasteiger charge is 2.32. The molecule has 0 aliphatic heterocycles. The summed E-state index contributed by atoms with van der Waals surface area (Å²) in [5.74, 6) is 0.764. The van der Waals surface area contributed by atoms with Crippen molar-refractivity contribution in [2.75, 3.05) is 6.61 Å². The van der Waals surface area contributed by atoms with Crippen molar-refractivity contribution in [1.82, 2.24) is 0 Å². The van der Waals surface area contributed by atoms with Gasteiger partial charge in [-0.2, -0.15) is 0 Å². The summed E-state index contributed by atoms with van der Waals surface area (Å²) in [4.78, 5) is 0. The number of aliphatic hydroxyl groups excluding tert-OH is 1. The van der Waals surface area contributed by atoms with Crippen molar-refractivity contribution in [2.45, 2.75) is 56.7 Å². The zero-order valence-corrected chi connectivity index (χ0v) is 11.3. The number of ether oxygens (including phenoxy) is 1. The lowest BCUT2D eigenvalue weighted by molar-refractivity contribution is 0.00131. The summed E-state index contributed by atoms with van der Waals surface area (Å²) in [6.07, 6.45) is 6.40. The van der Waals surface area contributed by atoms with E-state index in [2.05, 4.69) is 0 Å². The van der Waals surface area contributed by atoms with Crippen LogP contribution in [0.5, 0.6) is 5.75 Å². The summed E-state index contributed by atoms with van der Waals surface area (Å²) >= 11 is 0. The molecule has 0 amide bonds. The number of aliphatic hydroxyl groups is 2. The van der Waals surface area contributed by atoms with Crippen LogP contribution < -0.4 is 4.74 Å². The molecule has 3 nitrogen and oxygen atoms in total. The Kier molecular flexibility index (Phi) is 3.50. The van der Waals surface area contributed by atoms with Gasteiger partial charge in [0.2, 0.25) is 0 Å². The molecular weight excluding hydrogens is 240 g/mol. The molecule has 1 aromatic carbocycles. The molecule has 0 bridgehead atoms. The third kappa shape index (κ3) is 2.77. The molecule has 0 heterocycles. The van der Waals surface area contributed by atoms with Crippen molar-refractivity contribution in [1.29, 1.82) is 0 Å². The Labute approximate surface area is 114 Å². The molecule has 1 fully saturated rings. The molecule has 1 aromatic rings. The molecule has 0 spiro atoms. The number of hydrogen-bond donors (Lipinski definition) is 2. The van der Waals surface area contributed by atoms with Crippen LogP contribution in [0.25, 0.3) is 0 Å². The first-order valence-corrected chi connectivity index (χ1v) is 7.32. The highest BCUT2D eigenvalue weighted by atomic mass is 16.5. The van der Waals surface area contributed by atoms with E-state index in [9.17, 15) is 10.2 Å². The zero-order valence-electron chi connectivity index (χ0n) is 11.3. The van der Waals surface area contributed by atoms with Crippen molar-refractivity contribution in [3.05, 3.63) is 29.3 Å². The molecule has 0 unspecified atom stereocenters. The summed E-state index contributed by atoms with van der Waals surface area (Å²) < 4.78 is 5.75. The molecular formula is C16H22O3. The van der Waals surface area contributed by atoms with Crippen molar-refractivity contribution in [2.24, 2.45) is 0 Å². The van der Waals surface area contributed by atoms with Crippen LogP contribution in [-0.2, 0) is 6.42 Å². The second kappa shape index (κ2) is 5.14. The Morgan fingerprint density at radius 1 is 1.21 bits per heavy atom. The van der Waals surface area contributed by atoms with E-state index in [0.717, 1.165) is 56.3 Å². The molecule has 104 valence electrons. The Balaban J connectivity index is 1.70. The van der Waals surface area contributed by atoms with Gasteiger partial charge in [-0.3, -0.25) is 0 Å². The maximum absolute atomic E-state index is 10.3. The van der Waals surface area contributed by atoms with Gasteiger partial charge in [0, 0.05) is 0 Å². The van der Waals surface area contributed by atoms with Gasteiger partial charge in [-0.05, 0) is 55.4 Å². The van der Waals surface area contributed by atoms with Crippen molar-refractivity contribution in [3.8, 4) is 5.75 Å². The van der Waals surface area contributed by atoms with Gasteiger partial charge >= 0.3 is 0 Å². The van der Waals surface area contributed by atoms with Gasteiger partial charge < -0.3 is 14.9 Å². The van der Waals surface area contributed by atoms with E-state index < -0.39 is 5.60 Å². The minimum atomic E-state index is -0.644. The minimum Gasteiger partial charge on any atom is -0.491 e. The molecule has 0 radical (unpaired) electrons. The van der Waals surface area contributed by atoms with Crippen LogP contribution in [0.3, 0.4) is 0 Å². The summed E-state index contributed by atoms with van der Waals surface area (Å²) in [7, 11) is 0. The molecule has 2 N–H and O–H groups in total. The fourth-order valence-electron chi connectivity index (χ4n) is 3.24.